The highest BCUT2D eigenvalue weighted by Gasteiger charge is 2.37. The fourth-order valence-electron chi connectivity index (χ4n) is 2.56. The summed E-state index contributed by atoms with van der Waals surface area (Å²) in [5.74, 6) is 0.340. The topological polar surface area (TPSA) is 23.5 Å². The first-order valence-corrected chi connectivity index (χ1v) is 5.22. The molecule has 2 heteroatoms. The highest BCUT2D eigenvalue weighted by molar-refractivity contribution is 5.70. The Morgan fingerprint density at radius 1 is 1.33 bits per heavy atom. The van der Waals surface area contributed by atoms with E-state index in [0.29, 0.717) is 5.75 Å². The Labute approximate surface area is 90.8 Å². The SMILES string of the molecule is C/C=C1\N(C)c2ccc(O)cc2C1(C)C. The predicted octanol–water partition coefficient (Wildman–Crippen LogP) is 3.02. The summed E-state index contributed by atoms with van der Waals surface area (Å²) in [6.45, 7) is 6.42. The van der Waals surface area contributed by atoms with Gasteiger partial charge in [-0.2, -0.15) is 0 Å². The Hall–Kier alpha value is -1.44. The second-order valence-corrected chi connectivity index (χ2v) is 4.56. The number of phenolic OH excluding ortho intramolecular Hbond substituents is 1. The van der Waals surface area contributed by atoms with Crippen molar-refractivity contribution in [3.63, 3.8) is 0 Å². The lowest BCUT2D eigenvalue weighted by molar-refractivity contribution is 0.473. The van der Waals surface area contributed by atoms with E-state index >= 15 is 0 Å². The average molecular weight is 203 g/mol. The first kappa shape index (κ1) is 10.1. The number of aromatic hydroxyl groups is 1. The van der Waals surface area contributed by atoms with E-state index in [9.17, 15) is 5.11 Å². The first-order valence-electron chi connectivity index (χ1n) is 5.22. The van der Waals surface area contributed by atoms with Crippen LogP contribution in [0, 0.1) is 0 Å². The van der Waals surface area contributed by atoms with Gasteiger partial charge in [-0.1, -0.05) is 19.9 Å². The van der Waals surface area contributed by atoms with Gasteiger partial charge in [0.25, 0.3) is 0 Å². The molecule has 0 atom stereocenters. The van der Waals surface area contributed by atoms with E-state index in [1.807, 2.05) is 12.1 Å². The molecule has 1 heterocycles. The van der Waals surface area contributed by atoms with E-state index in [1.165, 1.54) is 16.9 Å². The molecule has 0 saturated heterocycles. The van der Waals surface area contributed by atoms with Crippen LogP contribution in [0.3, 0.4) is 0 Å². The first-order chi connectivity index (χ1) is 6.98. The third kappa shape index (κ3) is 1.24. The van der Waals surface area contributed by atoms with Crippen LogP contribution >= 0.6 is 0 Å². The Kier molecular flexibility index (Phi) is 2.03. The summed E-state index contributed by atoms with van der Waals surface area (Å²) < 4.78 is 0. The van der Waals surface area contributed by atoms with Crippen LogP contribution < -0.4 is 4.90 Å². The highest BCUT2D eigenvalue weighted by atomic mass is 16.3. The maximum absolute atomic E-state index is 9.54. The van der Waals surface area contributed by atoms with Crippen molar-refractivity contribution in [2.45, 2.75) is 26.2 Å². The van der Waals surface area contributed by atoms with Gasteiger partial charge in [0, 0.05) is 23.8 Å². The predicted molar refractivity (Wildman–Crippen MR) is 63.3 cm³/mol. The van der Waals surface area contributed by atoms with Crippen molar-refractivity contribution in [1.82, 2.24) is 0 Å². The normalized spacial score (nSPS) is 20.8. The molecular weight excluding hydrogens is 186 g/mol. The number of phenols is 1. The standard InChI is InChI=1S/C13H17NO/c1-5-12-13(2,3)10-8-9(15)6-7-11(10)14(12)4/h5-8,15H,1-4H3/b12-5-. The smallest absolute Gasteiger partial charge is 0.116 e. The van der Waals surface area contributed by atoms with Crippen LogP contribution in [0.25, 0.3) is 0 Å². The summed E-state index contributed by atoms with van der Waals surface area (Å²) in [6, 6.07) is 5.58. The molecule has 15 heavy (non-hydrogen) atoms. The maximum Gasteiger partial charge on any atom is 0.116 e. The number of likely N-dealkylation sites (N-methyl/N-ethyl adjacent to an activating group) is 1. The van der Waals surface area contributed by atoms with Crippen LogP contribution in [0.15, 0.2) is 30.0 Å². The van der Waals surface area contributed by atoms with Crippen LogP contribution in [-0.2, 0) is 5.41 Å². The molecule has 0 saturated carbocycles. The molecule has 2 rings (SSSR count). The van der Waals surface area contributed by atoms with Gasteiger partial charge in [0.1, 0.15) is 5.75 Å². The molecule has 1 N–H and O–H groups in total. The molecule has 0 spiro atoms. The Balaban J connectivity index is 2.69. The molecular formula is C13H17NO. The second kappa shape index (κ2) is 3.02. The van der Waals surface area contributed by atoms with Gasteiger partial charge in [-0.15, -0.1) is 0 Å². The maximum atomic E-state index is 9.54. The molecule has 1 aromatic rings. The molecule has 0 fully saturated rings. The van der Waals surface area contributed by atoms with Crippen molar-refractivity contribution in [2.75, 3.05) is 11.9 Å². The minimum Gasteiger partial charge on any atom is -0.508 e. The van der Waals surface area contributed by atoms with Gasteiger partial charge in [0.05, 0.1) is 0 Å². The van der Waals surface area contributed by atoms with Crippen molar-refractivity contribution in [3.8, 4) is 5.75 Å². The summed E-state index contributed by atoms with van der Waals surface area (Å²) in [4.78, 5) is 2.19. The molecule has 1 aromatic carbocycles. The van der Waals surface area contributed by atoms with Crippen molar-refractivity contribution < 1.29 is 5.11 Å². The van der Waals surface area contributed by atoms with Crippen LogP contribution in [0.1, 0.15) is 26.3 Å². The molecule has 0 radical (unpaired) electrons. The van der Waals surface area contributed by atoms with Gasteiger partial charge in [-0.25, -0.2) is 0 Å². The van der Waals surface area contributed by atoms with Crippen LogP contribution in [0.2, 0.25) is 0 Å². The third-order valence-electron chi connectivity index (χ3n) is 3.29. The fraction of sp³-hybridized carbons (Fsp3) is 0.385. The zero-order chi connectivity index (χ0) is 11.2. The van der Waals surface area contributed by atoms with Gasteiger partial charge in [-0.3, -0.25) is 0 Å². The van der Waals surface area contributed by atoms with Crippen molar-refractivity contribution >= 4 is 5.69 Å². The van der Waals surface area contributed by atoms with Gasteiger partial charge in [-0.05, 0) is 30.7 Å². The third-order valence-corrected chi connectivity index (χ3v) is 3.29. The van der Waals surface area contributed by atoms with E-state index in [2.05, 4.69) is 38.8 Å². The Morgan fingerprint density at radius 2 is 2.00 bits per heavy atom. The van der Waals surface area contributed by atoms with E-state index in [4.69, 9.17) is 0 Å². The number of hydrogen-bond acceptors (Lipinski definition) is 2. The lowest BCUT2D eigenvalue weighted by atomic mass is 9.84. The van der Waals surface area contributed by atoms with E-state index < -0.39 is 0 Å². The van der Waals surface area contributed by atoms with E-state index in [-0.39, 0.29) is 5.41 Å². The molecule has 0 unspecified atom stereocenters. The van der Waals surface area contributed by atoms with Crippen LogP contribution in [0.4, 0.5) is 5.69 Å². The molecule has 0 amide bonds. The minimum absolute atomic E-state index is 0.0163. The number of fused-ring (bicyclic) bond motifs is 1. The Bertz CT molecular complexity index is 432. The van der Waals surface area contributed by atoms with E-state index in [1.54, 1.807) is 6.07 Å². The largest absolute Gasteiger partial charge is 0.508 e. The van der Waals surface area contributed by atoms with Crippen molar-refractivity contribution in [1.29, 1.82) is 0 Å². The number of nitrogens with zero attached hydrogens (tertiary/aromatic N) is 1. The summed E-state index contributed by atoms with van der Waals surface area (Å²) in [5, 5.41) is 9.54. The lowest BCUT2D eigenvalue weighted by Gasteiger charge is -2.23. The second-order valence-electron chi connectivity index (χ2n) is 4.56. The number of rotatable bonds is 0. The summed E-state index contributed by atoms with van der Waals surface area (Å²) in [7, 11) is 2.07. The quantitative estimate of drug-likeness (QED) is 0.700. The molecule has 80 valence electrons. The molecule has 1 aliphatic rings. The fourth-order valence-corrected chi connectivity index (χ4v) is 2.56. The molecule has 0 aromatic heterocycles. The monoisotopic (exact) mass is 203 g/mol. The highest BCUT2D eigenvalue weighted by Crippen LogP contribution is 2.47. The van der Waals surface area contributed by atoms with Crippen molar-refractivity contribution in [2.24, 2.45) is 0 Å². The number of hydrogen-bond donors (Lipinski definition) is 1. The number of benzene rings is 1. The number of allylic oxidation sites excluding steroid dienone is 2. The molecule has 0 aliphatic carbocycles. The van der Waals surface area contributed by atoms with Crippen LogP contribution in [-0.4, -0.2) is 12.2 Å². The molecule has 2 nitrogen and oxygen atoms in total. The van der Waals surface area contributed by atoms with E-state index in [0.717, 1.165) is 0 Å². The summed E-state index contributed by atoms with van der Waals surface area (Å²) >= 11 is 0. The molecule has 0 bridgehead atoms. The van der Waals surface area contributed by atoms with Gasteiger partial charge in [0.15, 0.2) is 0 Å². The lowest BCUT2D eigenvalue weighted by Crippen LogP contribution is -2.22. The average Bonchev–Trinajstić information content (AvgIpc) is 2.35. The molecule has 1 aliphatic heterocycles. The Morgan fingerprint density at radius 3 is 2.60 bits per heavy atom. The van der Waals surface area contributed by atoms with Crippen molar-refractivity contribution in [3.05, 3.63) is 35.5 Å². The summed E-state index contributed by atoms with van der Waals surface area (Å²) in [6.07, 6.45) is 2.14. The van der Waals surface area contributed by atoms with Gasteiger partial charge < -0.3 is 10.0 Å². The number of anilines is 1. The van der Waals surface area contributed by atoms with Gasteiger partial charge >= 0.3 is 0 Å². The minimum atomic E-state index is -0.0163. The summed E-state index contributed by atoms with van der Waals surface area (Å²) in [5.41, 5.74) is 3.64. The zero-order valence-corrected chi connectivity index (χ0v) is 9.70. The van der Waals surface area contributed by atoms with Gasteiger partial charge in [0.2, 0.25) is 0 Å². The zero-order valence-electron chi connectivity index (χ0n) is 9.70. The van der Waals surface area contributed by atoms with Crippen LogP contribution in [0.5, 0.6) is 5.75 Å².